The quantitative estimate of drug-likeness (QED) is 0.766. The smallest absolute Gasteiger partial charge is 0.243 e. The number of carbonyl (C=O) groups excluding carboxylic acids is 1. The van der Waals surface area contributed by atoms with Crippen molar-refractivity contribution >= 4 is 31.9 Å². The molecule has 1 saturated heterocycles. The van der Waals surface area contributed by atoms with Crippen molar-refractivity contribution < 1.29 is 17.9 Å². The molecule has 6 nitrogen and oxygen atoms in total. The minimum Gasteiger partial charge on any atom is -0.383 e. The Morgan fingerprint density at radius 3 is 2.71 bits per heavy atom. The zero-order valence-corrected chi connectivity index (χ0v) is 16.3. The molecule has 0 spiro atoms. The number of nitrogens with zero attached hydrogens (tertiary/aromatic N) is 1. The molecule has 24 heavy (non-hydrogen) atoms. The lowest BCUT2D eigenvalue weighted by Crippen LogP contribution is -2.47. The van der Waals surface area contributed by atoms with Crippen LogP contribution >= 0.6 is 15.9 Å². The molecule has 1 fully saturated rings. The van der Waals surface area contributed by atoms with Gasteiger partial charge in [0.15, 0.2) is 0 Å². The highest BCUT2D eigenvalue weighted by molar-refractivity contribution is 9.10. The van der Waals surface area contributed by atoms with Crippen LogP contribution in [-0.4, -0.2) is 51.5 Å². The normalized spacial score (nSPS) is 20.5. The highest BCUT2D eigenvalue weighted by atomic mass is 79.9. The summed E-state index contributed by atoms with van der Waals surface area (Å²) in [5, 5.41) is 2.88. The summed E-state index contributed by atoms with van der Waals surface area (Å²) in [5.74, 6) is -0.446. The second kappa shape index (κ2) is 8.42. The number of piperidine rings is 1. The molecule has 2 unspecified atom stereocenters. The van der Waals surface area contributed by atoms with Gasteiger partial charge in [-0.2, -0.15) is 4.31 Å². The number of hydrogen-bond acceptors (Lipinski definition) is 4. The Balaban J connectivity index is 2.07. The van der Waals surface area contributed by atoms with Crippen molar-refractivity contribution in [3.8, 4) is 0 Å². The Kier molecular flexibility index (Phi) is 6.79. The summed E-state index contributed by atoms with van der Waals surface area (Å²) in [7, 11) is -2.00. The van der Waals surface area contributed by atoms with Crippen LogP contribution in [0.3, 0.4) is 0 Å². The maximum Gasteiger partial charge on any atom is 0.243 e. The molecule has 2 atom stereocenters. The first-order valence-electron chi connectivity index (χ1n) is 7.89. The third kappa shape index (κ3) is 4.78. The molecular weight excluding hydrogens is 396 g/mol. The van der Waals surface area contributed by atoms with Crippen molar-refractivity contribution in [1.29, 1.82) is 0 Å². The van der Waals surface area contributed by atoms with E-state index in [2.05, 4.69) is 21.2 Å². The van der Waals surface area contributed by atoms with E-state index >= 15 is 0 Å². The summed E-state index contributed by atoms with van der Waals surface area (Å²) in [5.41, 5.74) is 0. The number of halogens is 1. The summed E-state index contributed by atoms with van der Waals surface area (Å²) in [6.07, 6.45) is 1.37. The van der Waals surface area contributed by atoms with E-state index < -0.39 is 10.0 Å². The third-order valence-corrected chi connectivity index (χ3v) is 6.42. The second-order valence-corrected chi connectivity index (χ2v) is 8.87. The molecule has 1 amide bonds. The van der Waals surface area contributed by atoms with Crippen molar-refractivity contribution in [2.75, 3.05) is 26.8 Å². The van der Waals surface area contributed by atoms with Crippen LogP contribution in [-0.2, 0) is 19.6 Å². The number of rotatable bonds is 6. The minimum absolute atomic E-state index is 0.0963. The number of sulfonamides is 1. The minimum atomic E-state index is -3.58. The first kappa shape index (κ1) is 19.4. The Morgan fingerprint density at radius 2 is 2.08 bits per heavy atom. The number of carbonyl (C=O) groups is 1. The van der Waals surface area contributed by atoms with Gasteiger partial charge in [0, 0.05) is 30.7 Å². The number of amides is 1. The van der Waals surface area contributed by atoms with Gasteiger partial charge in [0.25, 0.3) is 0 Å². The monoisotopic (exact) mass is 418 g/mol. The number of ether oxygens (including phenoxy) is 1. The summed E-state index contributed by atoms with van der Waals surface area (Å²) in [6.45, 7) is 2.94. The van der Waals surface area contributed by atoms with E-state index in [9.17, 15) is 13.2 Å². The number of benzene rings is 1. The first-order valence-corrected chi connectivity index (χ1v) is 10.1. The van der Waals surface area contributed by atoms with Crippen molar-refractivity contribution in [2.24, 2.45) is 5.92 Å². The van der Waals surface area contributed by atoms with Gasteiger partial charge in [-0.3, -0.25) is 4.79 Å². The van der Waals surface area contributed by atoms with Gasteiger partial charge in [-0.15, -0.1) is 0 Å². The molecule has 0 saturated carbocycles. The van der Waals surface area contributed by atoms with Gasteiger partial charge in [0.1, 0.15) is 0 Å². The SMILES string of the molecule is COCC(C)NC(=O)C1CCCN(S(=O)(=O)c2ccc(Br)cc2)C1. The van der Waals surface area contributed by atoms with Crippen LogP contribution in [0, 0.1) is 5.92 Å². The topological polar surface area (TPSA) is 75.7 Å². The Morgan fingerprint density at radius 1 is 1.42 bits per heavy atom. The highest BCUT2D eigenvalue weighted by Crippen LogP contribution is 2.25. The first-order chi connectivity index (χ1) is 11.3. The van der Waals surface area contributed by atoms with E-state index in [0.29, 0.717) is 26.0 Å². The molecule has 0 radical (unpaired) electrons. The van der Waals surface area contributed by atoms with E-state index in [4.69, 9.17) is 4.74 Å². The highest BCUT2D eigenvalue weighted by Gasteiger charge is 2.33. The fourth-order valence-corrected chi connectivity index (χ4v) is 4.57. The predicted octanol–water partition coefficient (Wildman–Crippen LogP) is 2.00. The Bertz CT molecular complexity index is 663. The standard InChI is InChI=1S/C16H23BrN2O4S/c1-12(11-23-2)18-16(20)13-4-3-9-19(10-13)24(21,22)15-7-5-14(17)6-8-15/h5-8,12-13H,3-4,9-11H2,1-2H3,(H,18,20). The van der Waals surface area contributed by atoms with Gasteiger partial charge < -0.3 is 10.1 Å². The summed E-state index contributed by atoms with van der Waals surface area (Å²) in [6, 6.07) is 6.45. The molecule has 1 aliphatic rings. The summed E-state index contributed by atoms with van der Waals surface area (Å²) >= 11 is 3.30. The Labute approximate surface area is 151 Å². The van der Waals surface area contributed by atoms with Crippen LogP contribution in [0.15, 0.2) is 33.6 Å². The molecule has 1 aromatic carbocycles. The molecule has 1 heterocycles. The molecule has 0 bridgehead atoms. The number of nitrogens with one attached hydrogen (secondary N) is 1. The predicted molar refractivity (Wildman–Crippen MR) is 95.1 cm³/mol. The fourth-order valence-electron chi connectivity index (χ4n) is 2.78. The van der Waals surface area contributed by atoms with Gasteiger partial charge in [-0.25, -0.2) is 8.42 Å². The average Bonchev–Trinajstić information content (AvgIpc) is 2.55. The van der Waals surface area contributed by atoms with Gasteiger partial charge >= 0.3 is 0 Å². The van der Waals surface area contributed by atoms with Crippen LogP contribution in [0.2, 0.25) is 0 Å². The molecule has 0 aliphatic carbocycles. The van der Waals surface area contributed by atoms with Gasteiger partial charge in [-0.05, 0) is 44.0 Å². The van der Waals surface area contributed by atoms with Gasteiger partial charge in [0.2, 0.25) is 15.9 Å². The number of methoxy groups -OCH3 is 1. The molecule has 1 aliphatic heterocycles. The molecular formula is C16H23BrN2O4S. The molecule has 1 N–H and O–H groups in total. The van der Waals surface area contributed by atoms with Crippen LogP contribution in [0.25, 0.3) is 0 Å². The van der Waals surface area contributed by atoms with Crippen molar-refractivity contribution in [3.63, 3.8) is 0 Å². The fraction of sp³-hybridized carbons (Fsp3) is 0.562. The molecule has 2 rings (SSSR count). The summed E-state index contributed by atoms with van der Waals surface area (Å²) in [4.78, 5) is 12.6. The van der Waals surface area contributed by atoms with E-state index in [0.717, 1.165) is 4.47 Å². The van der Waals surface area contributed by atoms with E-state index in [1.807, 2.05) is 6.92 Å². The van der Waals surface area contributed by atoms with Crippen LogP contribution < -0.4 is 5.32 Å². The molecule has 8 heteroatoms. The zero-order valence-electron chi connectivity index (χ0n) is 13.9. The van der Waals surface area contributed by atoms with Crippen molar-refractivity contribution in [3.05, 3.63) is 28.7 Å². The molecule has 1 aromatic rings. The lowest BCUT2D eigenvalue weighted by Gasteiger charge is -2.31. The van der Waals surface area contributed by atoms with Crippen molar-refractivity contribution in [2.45, 2.75) is 30.7 Å². The van der Waals surface area contributed by atoms with Gasteiger partial charge in [-0.1, -0.05) is 15.9 Å². The second-order valence-electron chi connectivity index (χ2n) is 6.02. The largest absolute Gasteiger partial charge is 0.383 e. The Hall–Kier alpha value is -0.960. The summed E-state index contributed by atoms with van der Waals surface area (Å²) < 4.78 is 32.7. The van der Waals surface area contributed by atoms with Crippen molar-refractivity contribution in [1.82, 2.24) is 9.62 Å². The molecule has 0 aromatic heterocycles. The lowest BCUT2D eigenvalue weighted by molar-refractivity contribution is -0.127. The third-order valence-electron chi connectivity index (χ3n) is 4.01. The maximum atomic E-state index is 12.8. The van der Waals surface area contributed by atoms with Crippen LogP contribution in [0.4, 0.5) is 0 Å². The maximum absolute atomic E-state index is 12.8. The van der Waals surface area contributed by atoms with E-state index in [-0.39, 0.29) is 29.3 Å². The lowest BCUT2D eigenvalue weighted by atomic mass is 9.98. The zero-order chi connectivity index (χ0) is 17.7. The number of hydrogen-bond donors (Lipinski definition) is 1. The van der Waals surface area contributed by atoms with Gasteiger partial charge in [0.05, 0.1) is 17.4 Å². The molecule has 134 valence electrons. The van der Waals surface area contributed by atoms with E-state index in [1.54, 1.807) is 31.4 Å². The van der Waals surface area contributed by atoms with Crippen LogP contribution in [0.5, 0.6) is 0 Å². The average molecular weight is 419 g/mol. The van der Waals surface area contributed by atoms with E-state index in [1.165, 1.54) is 4.31 Å². The van der Waals surface area contributed by atoms with Crippen LogP contribution in [0.1, 0.15) is 19.8 Å².